The quantitative estimate of drug-likeness (QED) is 0.177. The van der Waals surface area contributed by atoms with Crippen LogP contribution in [0.3, 0.4) is 0 Å². The molecular weight excluding hydrogens is 803 g/mol. The van der Waals surface area contributed by atoms with Gasteiger partial charge in [-0.05, 0) is 91.0 Å². The van der Waals surface area contributed by atoms with Gasteiger partial charge in [0.15, 0.2) is 17.5 Å². The average Bonchev–Trinajstić information content (AvgIpc) is 3.73. The summed E-state index contributed by atoms with van der Waals surface area (Å²) in [5.41, 5.74) is 16.2. The largest absolute Gasteiger partial charge is 0.218 e. The molecule has 2 aliphatic carbocycles. The van der Waals surface area contributed by atoms with Crippen molar-refractivity contribution >= 4 is 9.84 Å². The first-order valence-electron chi connectivity index (χ1n) is 21.4. The Kier molecular flexibility index (Phi) is 7.84. The highest BCUT2D eigenvalue weighted by Crippen LogP contribution is 2.63. The van der Waals surface area contributed by atoms with Crippen LogP contribution in [-0.4, -0.2) is 23.4 Å². The second kappa shape index (κ2) is 13.7. The summed E-state index contributed by atoms with van der Waals surface area (Å²) in [6, 6.07) is 72.8. The molecule has 64 heavy (non-hydrogen) atoms. The van der Waals surface area contributed by atoms with Gasteiger partial charge in [-0.3, -0.25) is 0 Å². The summed E-state index contributed by atoms with van der Waals surface area (Å²) in [5.74, 6) is 1.72. The lowest BCUT2D eigenvalue weighted by molar-refractivity contribution is 0.598. The predicted molar refractivity (Wildman–Crippen MR) is 254 cm³/mol. The third-order valence-corrected chi connectivity index (χ3v) is 15.2. The molecule has 1 aromatic heterocycles. The Morgan fingerprint density at radius 1 is 0.281 bits per heavy atom. The third kappa shape index (κ3) is 5.17. The first kappa shape index (κ1) is 36.6. The van der Waals surface area contributed by atoms with Crippen molar-refractivity contribution in [2.45, 2.75) is 15.2 Å². The van der Waals surface area contributed by atoms with E-state index in [1.165, 1.54) is 0 Å². The van der Waals surface area contributed by atoms with Gasteiger partial charge >= 0.3 is 0 Å². The molecule has 2 heterocycles. The number of rotatable bonds is 4. The molecule has 1 aliphatic heterocycles. The molecule has 0 fully saturated rings. The number of benzene rings is 9. The van der Waals surface area contributed by atoms with E-state index in [-0.39, 0.29) is 0 Å². The van der Waals surface area contributed by atoms with Crippen LogP contribution in [0.4, 0.5) is 0 Å². The van der Waals surface area contributed by atoms with E-state index in [0.29, 0.717) is 27.3 Å². The molecular formula is C58H35N3O2S. The summed E-state index contributed by atoms with van der Waals surface area (Å²) >= 11 is 0. The van der Waals surface area contributed by atoms with Gasteiger partial charge < -0.3 is 0 Å². The highest BCUT2D eigenvalue weighted by molar-refractivity contribution is 7.92. The molecule has 0 saturated carbocycles. The Morgan fingerprint density at radius 2 is 0.703 bits per heavy atom. The molecule has 6 heteroatoms. The van der Waals surface area contributed by atoms with Crippen LogP contribution in [-0.2, 0) is 15.3 Å². The van der Waals surface area contributed by atoms with Crippen LogP contribution in [0.25, 0.3) is 89.8 Å². The SMILES string of the molecule is O=S1(=O)c2ccccc2-c2cc3c(cc21)-c1ccccc1C31c2ccccc2-c2ccccc2-c2ccc(-c3nc(-c4ccccc4)nc(-c4ccc(-c5ccccc5)cc4)n3)cc21. The topological polar surface area (TPSA) is 72.8 Å². The Morgan fingerprint density at radius 3 is 1.34 bits per heavy atom. The average molecular weight is 838 g/mol. The smallest absolute Gasteiger partial charge is 0.207 e. The molecule has 3 aliphatic rings. The third-order valence-electron chi connectivity index (χ3n) is 13.3. The van der Waals surface area contributed by atoms with Crippen molar-refractivity contribution in [1.29, 1.82) is 0 Å². The van der Waals surface area contributed by atoms with Gasteiger partial charge in [-0.2, -0.15) is 0 Å². The summed E-state index contributed by atoms with van der Waals surface area (Å²) in [7, 11) is -3.74. The molecule has 9 aromatic carbocycles. The summed E-state index contributed by atoms with van der Waals surface area (Å²) in [6.07, 6.45) is 0. The molecule has 5 nitrogen and oxygen atoms in total. The highest BCUT2D eigenvalue weighted by Gasteiger charge is 2.51. The molecule has 0 amide bonds. The number of nitrogens with zero attached hydrogens (tertiary/aromatic N) is 3. The van der Waals surface area contributed by atoms with Gasteiger partial charge in [0.1, 0.15) is 0 Å². The minimum absolute atomic E-state index is 0.349. The minimum Gasteiger partial charge on any atom is -0.218 e. The zero-order valence-electron chi connectivity index (χ0n) is 34.3. The Labute approximate surface area is 371 Å². The Bertz CT molecular complexity index is 3680. The van der Waals surface area contributed by atoms with Crippen molar-refractivity contribution in [3.05, 3.63) is 235 Å². The van der Waals surface area contributed by atoms with E-state index < -0.39 is 15.3 Å². The number of aromatic nitrogens is 3. The zero-order valence-corrected chi connectivity index (χ0v) is 35.1. The Hall–Kier alpha value is -8.06. The molecule has 10 aromatic rings. The summed E-state index contributed by atoms with van der Waals surface area (Å²) < 4.78 is 28.6. The van der Waals surface area contributed by atoms with Crippen LogP contribution in [0.5, 0.6) is 0 Å². The number of sulfone groups is 1. The fraction of sp³-hybridized carbons (Fsp3) is 0.0172. The normalized spacial score (nSPS) is 15.5. The maximum Gasteiger partial charge on any atom is 0.207 e. The van der Waals surface area contributed by atoms with E-state index in [9.17, 15) is 8.42 Å². The highest BCUT2D eigenvalue weighted by atomic mass is 32.2. The van der Waals surface area contributed by atoms with Gasteiger partial charge in [-0.1, -0.05) is 188 Å². The maximum absolute atomic E-state index is 14.3. The zero-order chi connectivity index (χ0) is 42.6. The van der Waals surface area contributed by atoms with Crippen LogP contribution in [0.15, 0.2) is 222 Å². The van der Waals surface area contributed by atoms with Gasteiger partial charge in [0.25, 0.3) is 0 Å². The monoisotopic (exact) mass is 837 g/mol. The molecule has 300 valence electrons. The maximum atomic E-state index is 14.3. The van der Waals surface area contributed by atoms with Crippen LogP contribution in [0, 0.1) is 0 Å². The lowest BCUT2D eigenvalue weighted by Gasteiger charge is -2.35. The van der Waals surface area contributed by atoms with Crippen LogP contribution in [0.2, 0.25) is 0 Å². The van der Waals surface area contributed by atoms with E-state index >= 15 is 0 Å². The van der Waals surface area contributed by atoms with Crippen molar-refractivity contribution in [2.75, 3.05) is 0 Å². The van der Waals surface area contributed by atoms with Crippen LogP contribution in [0.1, 0.15) is 22.3 Å². The molecule has 1 atom stereocenters. The first-order valence-corrected chi connectivity index (χ1v) is 22.9. The molecule has 1 unspecified atom stereocenters. The second-order valence-corrected chi connectivity index (χ2v) is 18.5. The predicted octanol–water partition coefficient (Wildman–Crippen LogP) is 13.4. The Balaban J connectivity index is 1.10. The molecule has 0 bridgehead atoms. The van der Waals surface area contributed by atoms with E-state index in [0.717, 1.165) is 94.6 Å². The standard InChI is InChI=1S/C58H35N3O2S/c62-64(63)53-26-14-11-23-46(53)48-34-52-47(35-54(48)64)44-22-10-13-25-50(44)58(52)49-24-12-9-21-43(49)41-19-7-8-20-42(41)45-32-31-40(33-51(45)58)57-60-55(38-17-5-2-6-18-38)59-56(61-57)39-29-27-37(28-30-39)36-15-3-1-4-16-36/h1-35H. The second-order valence-electron chi connectivity index (χ2n) is 16.7. The lowest BCUT2D eigenvalue weighted by atomic mass is 9.65. The fourth-order valence-electron chi connectivity index (χ4n) is 10.5. The van der Waals surface area contributed by atoms with Crippen molar-refractivity contribution < 1.29 is 8.42 Å². The molecule has 1 spiro atoms. The summed E-state index contributed by atoms with van der Waals surface area (Å²) in [6.45, 7) is 0. The molecule has 0 N–H and O–H groups in total. The lowest BCUT2D eigenvalue weighted by Crippen LogP contribution is -2.29. The van der Waals surface area contributed by atoms with Crippen LogP contribution < -0.4 is 0 Å². The fourth-order valence-corrected chi connectivity index (χ4v) is 12.2. The summed E-state index contributed by atoms with van der Waals surface area (Å²) in [5, 5.41) is 0. The van der Waals surface area contributed by atoms with Crippen molar-refractivity contribution in [2.24, 2.45) is 0 Å². The number of fused-ring (bicyclic) bond motifs is 15. The number of hydrogen-bond acceptors (Lipinski definition) is 5. The summed E-state index contributed by atoms with van der Waals surface area (Å²) in [4.78, 5) is 16.3. The van der Waals surface area contributed by atoms with Gasteiger partial charge in [-0.25, -0.2) is 23.4 Å². The van der Waals surface area contributed by atoms with E-state index in [1.54, 1.807) is 12.1 Å². The van der Waals surface area contributed by atoms with Crippen molar-refractivity contribution in [3.63, 3.8) is 0 Å². The molecule has 0 radical (unpaired) electrons. The van der Waals surface area contributed by atoms with Crippen molar-refractivity contribution in [1.82, 2.24) is 15.0 Å². The van der Waals surface area contributed by atoms with Crippen molar-refractivity contribution in [3.8, 4) is 89.8 Å². The van der Waals surface area contributed by atoms with Gasteiger partial charge in [0, 0.05) is 27.8 Å². The van der Waals surface area contributed by atoms with E-state index in [1.807, 2.05) is 66.7 Å². The minimum atomic E-state index is -3.74. The molecule has 13 rings (SSSR count). The van der Waals surface area contributed by atoms with E-state index in [4.69, 9.17) is 15.0 Å². The van der Waals surface area contributed by atoms with Gasteiger partial charge in [0.05, 0.1) is 15.2 Å². The molecule has 0 saturated heterocycles. The van der Waals surface area contributed by atoms with Crippen LogP contribution >= 0.6 is 0 Å². The van der Waals surface area contributed by atoms with E-state index in [2.05, 4.69) is 133 Å². The first-order chi connectivity index (χ1) is 31.5. The van der Waals surface area contributed by atoms with Gasteiger partial charge in [-0.15, -0.1) is 0 Å². The van der Waals surface area contributed by atoms with Gasteiger partial charge in [0.2, 0.25) is 9.84 Å². The number of hydrogen-bond donors (Lipinski definition) is 0.